The zero-order valence-corrected chi connectivity index (χ0v) is 15.9. The summed E-state index contributed by atoms with van der Waals surface area (Å²) in [5.74, 6) is 0.809. The molecule has 2 heterocycles. The van der Waals surface area contributed by atoms with Gasteiger partial charge in [-0.1, -0.05) is 59.8 Å². The minimum atomic E-state index is 0.192. The van der Waals surface area contributed by atoms with Gasteiger partial charge in [-0.2, -0.15) is 0 Å². The van der Waals surface area contributed by atoms with E-state index in [9.17, 15) is 4.79 Å². The molecule has 2 aromatic carbocycles. The molecule has 1 unspecified atom stereocenters. The Labute approximate surface area is 165 Å². The van der Waals surface area contributed by atoms with Gasteiger partial charge in [0.1, 0.15) is 0 Å². The highest BCUT2D eigenvalue weighted by Crippen LogP contribution is 2.39. The second-order valence-electron chi connectivity index (χ2n) is 7.92. The van der Waals surface area contributed by atoms with Crippen LogP contribution < -0.4 is 0 Å². The van der Waals surface area contributed by atoms with Gasteiger partial charge in [0.25, 0.3) is 0 Å². The number of nitrogens with zero attached hydrogens (tertiary/aromatic N) is 4. The Morgan fingerprint density at radius 3 is 2.46 bits per heavy atom. The second-order valence-corrected chi connectivity index (χ2v) is 7.92. The lowest BCUT2D eigenvalue weighted by Gasteiger charge is -2.16. The second kappa shape index (κ2) is 7.23. The Morgan fingerprint density at radius 1 is 0.964 bits per heavy atom. The summed E-state index contributed by atoms with van der Waals surface area (Å²) in [6.45, 7) is 1.53. The molecule has 1 aliphatic heterocycles. The molecule has 5 nitrogen and oxygen atoms in total. The molecule has 0 spiro atoms. The van der Waals surface area contributed by atoms with Crippen molar-refractivity contribution in [3.05, 3.63) is 72.1 Å². The molecule has 1 aromatic heterocycles. The van der Waals surface area contributed by atoms with Gasteiger partial charge in [-0.3, -0.25) is 4.79 Å². The van der Waals surface area contributed by atoms with Crippen LogP contribution >= 0.6 is 0 Å². The first-order valence-electron chi connectivity index (χ1n) is 10.1. The smallest absolute Gasteiger partial charge is 0.227 e. The van der Waals surface area contributed by atoms with Gasteiger partial charge in [0.05, 0.1) is 18.2 Å². The maximum Gasteiger partial charge on any atom is 0.227 e. The average Bonchev–Trinajstić information content (AvgIpc) is 3.26. The van der Waals surface area contributed by atoms with Crippen LogP contribution in [0, 0.1) is 0 Å². The highest BCUT2D eigenvalue weighted by Gasteiger charge is 2.31. The molecule has 2 aliphatic rings. The minimum Gasteiger partial charge on any atom is -0.340 e. The highest BCUT2D eigenvalue weighted by molar-refractivity contribution is 5.79. The lowest BCUT2D eigenvalue weighted by molar-refractivity contribution is -0.129. The lowest BCUT2D eigenvalue weighted by atomic mass is 10.0. The minimum absolute atomic E-state index is 0.192. The molecule has 2 fully saturated rings. The number of likely N-dealkylation sites (tertiary alicyclic amines) is 1. The van der Waals surface area contributed by atoms with Gasteiger partial charge in [0.2, 0.25) is 5.91 Å². The van der Waals surface area contributed by atoms with E-state index in [0.717, 1.165) is 30.8 Å². The Bertz CT molecular complexity index is 960. The van der Waals surface area contributed by atoms with Crippen LogP contribution in [0.25, 0.3) is 11.1 Å². The monoisotopic (exact) mass is 372 g/mol. The summed E-state index contributed by atoms with van der Waals surface area (Å²) >= 11 is 0. The van der Waals surface area contributed by atoms with Crippen LogP contribution in [0.1, 0.15) is 42.5 Å². The SMILES string of the molecule is O=C(Cc1ccc(-c2ccccc2)cc1)N1CCC(n2cc(C3CC3)nn2)C1. The Kier molecular flexibility index (Phi) is 4.43. The van der Waals surface area contributed by atoms with Crippen molar-refractivity contribution in [3.63, 3.8) is 0 Å². The first-order valence-corrected chi connectivity index (χ1v) is 10.1. The molecular formula is C23H24N4O. The number of carbonyl (C=O) groups is 1. The summed E-state index contributed by atoms with van der Waals surface area (Å²) in [6, 6.07) is 18.9. The molecule has 142 valence electrons. The maximum atomic E-state index is 12.8. The number of hydrogen-bond donors (Lipinski definition) is 0. The van der Waals surface area contributed by atoms with Crippen molar-refractivity contribution in [2.45, 2.75) is 37.6 Å². The molecule has 28 heavy (non-hydrogen) atoms. The molecule has 1 atom stereocenters. The van der Waals surface area contributed by atoms with Crippen molar-refractivity contribution in [1.29, 1.82) is 0 Å². The fraction of sp³-hybridized carbons (Fsp3) is 0.348. The fourth-order valence-corrected chi connectivity index (χ4v) is 3.95. The van der Waals surface area contributed by atoms with Gasteiger partial charge in [-0.25, -0.2) is 4.68 Å². The van der Waals surface area contributed by atoms with Gasteiger partial charge >= 0.3 is 0 Å². The molecule has 0 bridgehead atoms. The van der Waals surface area contributed by atoms with Gasteiger partial charge in [-0.15, -0.1) is 5.10 Å². The molecule has 0 radical (unpaired) electrons. The van der Waals surface area contributed by atoms with Crippen molar-refractivity contribution in [2.24, 2.45) is 0 Å². The van der Waals surface area contributed by atoms with Crippen LogP contribution in [0.5, 0.6) is 0 Å². The number of carbonyl (C=O) groups excluding carboxylic acids is 1. The van der Waals surface area contributed by atoms with E-state index in [0.29, 0.717) is 12.3 Å². The van der Waals surface area contributed by atoms with E-state index in [2.05, 4.69) is 52.9 Å². The van der Waals surface area contributed by atoms with Crippen LogP contribution in [0.4, 0.5) is 0 Å². The summed E-state index contributed by atoms with van der Waals surface area (Å²) in [7, 11) is 0. The van der Waals surface area contributed by atoms with E-state index in [1.54, 1.807) is 0 Å². The predicted octanol–water partition coefficient (Wildman–Crippen LogP) is 3.84. The van der Waals surface area contributed by atoms with Crippen LogP contribution in [0.3, 0.4) is 0 Å². The zero-order valence-electron chi connectivity index (χ0n) is 15.9. The summed E-state index contributed by atoms with van der Waals surface area (Å²) in [5.41, 5.74) is 4.55. The molecule has 0 N–H and O–H groups in total. The summed E-state index contributed by atoms with van der Waals surface area (Å²) in [5, 5.41) is 8.61. The fourth-order valence-electron chi connectivity index (χ4n) is 3.95. The number of benzene rings is 2. The van der Waals surface area contributed by atoms with E-state index < -0.39 is 0 Å². The third kappa shape index (κ3) is 3.57. The van der Waals surface area contributed by atoms with Gasteiger partial charge in [0.15, 0.2) is 0 Å². The Morgan fingerprint density at radius 2 is 1.71 bits per heavy atom. The molecule has 1 saturated heterocycles. The molecule has 5 heteroatoms. The van der Waals surface area contributed by atoms with Crippen molar-refractivity contribution in [1.82, 2.24) is 19.9 Å². The third-order valence-electron chi connectivity index (χ3n) is 5.83. The third-order valence-corrected chi connectivity index (χ3v) is 5.83. The average molecular weight is 372 g/mol. The summed E-state index contributed by atoms with van der Waals surface area (Å²) < 4.78 is 1.97. The molecular weight excluding hydrogens is 348 g/mol. The van der Waals surface area contributed by atoms with Crippen LogP contribution in [-0.4, -0.2) is 38.9 Å². The van der Waals surface area contributed by atoms with E-state index in [4.69, 9.17) is 0 Å². The van der Waals surface area contributed by atoms with E-state index in [1.807, 2.05) is 27.8 Å². The number of aromatic nitrogens is 3. The first kappa shape index (κ1) is 17.2. The normalized spacial score (nSPS) is 19.1. The van der Waals surface area contributed by atoms with E-state index >= 15 is 0 Å². The van der Waals surface area contributed by atoms with Crippen molar-refractivity contribution in [2.75, 3.05) is 13.1 Å². The van der Waals surface area contributed by atoms with Crippen LogP contribution in [0.2, 0.25) is 0 Å². The summed E-state index contributed by atoms with van der Waals surface area (Å²) in [4.78, 5) is 14.7. The largest absolute Gasteiger partial charge is 0.340 e. The zero-order chi connectivity index (χ0) is 18.9. The topological polar surface area (TPSA) is 51.0 Å². The van der Waals surface area contributed by atoms with Crippen LogP contribution in [-0.2, 0) is 11.2 Å². The molecule has 3 aromatic rings. The molecule has 1 saturated carbocycles. The Hall–Kier alpha value is -2.95. The highest BCUT2D eigenvalue weighted by atomic mass is 16.2. The van der Waals surface area contributed by atoms with E-state index in [1.165, 1.54) is 24.0 Å². The molecule has 1 aliphatic carbocycles. The van der Waals surface area contributed by atoms with Gasteiger partial charge < -0.3 is 4.90 Å². The van der Waals surface area contributed by atoms with Crippen molar-refractivity contribution >= 4 is 5.91 Å². The quantitative estimate of drug-likeness (QED) is 0.684. The first-order chi connectivity index (χ1) is 13.8. The number of hydrogen-bond acceptors (Lipinski definition) is 3. The van der Waals surface area contributed by atoms with Crippen LogP contribution in [0.15, 0.2) is 60.8 Å². The molecule has 1 amide bonds. The predicted molar refractivity (Wildman–Crippen MR) is 108 cm³/mol. The van der Waals surface area contributed by atoms with Crippen molar-refractivity contribution < 1.29 is 4.79 Å². The van der Waals surface area contributed by atoms with Crippen molar-refractivity contribution in [3.8, 4) is 11.1 Å². The van der Waals surface area contributed by atoms with E-state index in [-0.39, 0.29) is 11.9 Å². The lowest BCUT2D eigenvalue weighted by Crippen LogP contribution is -2.30. The van der Waals surface area contributed by atoms with Gasteiger partial charge in [0, 0.05) is 25.2 Å². The standard InChI is InChI=1S/C23H24N4O/c28-23(14-17-6-8-19(9-7-17)18-4-2-1-3-5-18)26-13-12-21(15-26)27-16-22(24-25-27)20-10-11-20/h1-9,16,20-21H,10-15H2. The maximum absolute atomic E-state index is 12.8. The Balaban J connectivity index is 1.20. The number of amides is 1. The number of rotatable bonds is 5. The summed E-state index contributed by atoms with van der Waals surface area (Å²) in [6.07, 6.45) is 5.95. The van der Waals surface area contributed by atoms with Gasteiger partial charge in [-0.05, 0) is 36.0 Å². The molecule has 5 rings (SSSR count).